The first kappa shape index (κ1) is 11.9. The summed E-state index contributed by atoms with van der Waals surface area (Å²) in [5.74, 6) is -0.906. The number of carboxylic acids is 1. The summed E-state index contributed by atoms with van der Waals surface area (Å²) in [4.78, 5) is 15.0. The van der Waals surface area contributed by atoms with Crippen molar-refractivity contribution in [3.63, 3.8) is 0 Å². The van der Waals surface area contributed by atoms with Crippen LogP contribution in [0.1, 0.15) is 16.7 Å². The van der Waals surface area contributed by atoms with Gasteiger partial charge >= 0.3 is 5.97 Å². The minimum absolute atomic E-state index is 0.102. The van der Waals surface area contributed by atoms with Gasteiger partial charge < -0.3 is 5.11 Å². The van der Waals surface area contributed by atoms with Crippen molar-refractivity contribution in [2.24, 2.45) is 0 Å². The van der Waals surface area contributed by atoms with E-state index >= 15 is 0 Å². The van der Waals surface area contributed by atoms with E-state index in [1.807, 2.05) is 26.0 Å². The topological polar surface area (TPSA) is 50.2 Å². The number of rotatable bonds is 2. The molecule has 17 heavy (non-hydrogen) atoms. The number of aliphatic carboxylic acids is 1. The first-order valence-corrected chi connectivity index (χ1v) is 5.64. The molecular weight excluding hydrogens is 238 g/mol. The Morgan fingerprint density at radius 2 is 2.12 bits per heavy atom. The highest BCUT2D eigenvalue weighted by molar-refractivity contribution is 6.30. The van der Waals surface area contributed by atoms with Crippen LogP contribution in [0, 0.1) is 13.8 Å². The van der Waals surface area contributed by atoms with Crippen LogP contribution >= 0.6 is 11.6 Å². The van der Waals surface area contributed by atoms with Crippen LogP contribution in [-0.4, -0.2) is 16.1 Å². The Bertz CT molecular complexity index is 608. The molecule has 3 nitrogen and oxygen atoms in total. The van der Waals surface area contributed by atoms with Gasteiger partial charge in [0.15, 0.2) is 0 Å². The van der Waals surface area contributed by atoms with Gasteiger partial charge in [-0.2, -0.15) is 0 Å². The lowest BCUT2D eigenvalue weighted by atomic mass is 10.0. The van der Waals surface area contributed by atoms with E-state index in [4.69, 9.17) is 16.7 Å². The molecule has 0 atom stereocenters. The number of pyridine rings is 1. The molecule has 0 aliphatic rings. The van der Waals surface area contributed by atoms with Crippen LogP contribution in [0.4, 0.5) is 0 Å². The summed E-state index contributed by atoms with van der Waals surface area (Å²) in [7, 11) is 0. The van der Waals surface area contributed by atoms with Gasteiger partial charge in [-0.25, -0.2) is 4.98 Å². The second kappa shape index (κ2) is 4.34. The fourth-order valence-electron chi connectivity index (χ4n) is 1.79. The van der Waals surface area contributed by atoms with E-state index in [1.165, 1.54) is 0 Å². The second-order valence-electron chi connectivity index (χ2n) is 4.09. The van der Waals surface area contributed by atoms with Crippen LogP contribution in [0.3, 0.4) is 0 Å². The average Bonchev–Trinajstić information content (AvgIpc) is 2.25. The maximum atomic E-state index is 10.7. The van der Waals surface area contributed by atoms with Crippen LogP contribution in [-0.2, 0) is 11.2 Å². The third-order valence-corrected chi connectivity index (χ3v) is 3.21. The molecule has 88 valence electrons. The van der Waals surface area contributed by atoms with E-state index in [1.54, 1.807) is 6.07 Å². The molecule has 0 spiro atoms. The quantitative estimate of drug-likeness (QED) is 0.832. The first-order chi connectivity index (χ1) is 7.99. The van der Waals surface area contributed by atoms with Crippen molar-refractivity contribution in [3.8, 4) is 0 Å². The van der Waals surface area contributed by atoms with Crippen molar-refractivity contribution >= 4 is 28.5 Å². The Balaban J connectivity index is 2.66. The third kappa shape index (κ3) is 2.24. The minimum Gasteiger partial charge on any atom is -0.481 e. The van der Waals surface area contributed by atoms with Gasteiger partial charge in [0.25, 0.3) is 0 Å². The fourth-order valence-corrected chi connectivity index (χ4v) is 2.00. The fraction of sp³-hybridized carbons (Fsp3) is 0.231. The molecule has 0 aliphatic carbocycles. The molecule has 0 aliphatic heterocycles. The predicted octanol–water partition coefficient (Wildman–Crippen LogP) is 3.13. The van der Waals surface area contributed by atoms with E-state index in [0.29, 0.717) is 5.56 Å². The van der Waals surface area contributed by atoms with Crippen molar-refractivity contribution in [2.45, 2.75) is 20.3 Å². The number of aryl methyl sites for hydroxylation is 2. The molecule has 2 aromatic rings. The molecule has 1 N–H and O–H groups in total. The zero-order chi connectivity index (χ0) is 12.6. The molecule has 2 rings (SSSR count). The highest BCUT2D eigenvalue weighted by atomic mass is 35.5. The summed E-state index contributed by atoms with van der Waals surface area (Å²) in [5, 5.41) is 9.97. The summed E-state index contributed by atoms with van der Waals surface area (Å²) in [6.07, 6.45) is -0.102. The van der Waals surface area contributed by atoms with Gasteiger partial charge in [0.2, 0.25) is 0 Å². The highest BCUT2D eigenvalue weighted by Gasteiger charge is 2.10. The van der Waals surface area contributed by atoms with Gasteiger partial charge in [0.05, 0.1) is 11.9 Å². The van der Waals surface area contributed by atoms with Crippen molar-refractivity contribution in [2.75, 3.05) is 0 Å². The maximum Gasteiger partial charge on any atom is 0.307 e. The molecule has 0 bridgehead atoms. The van der Waals surface area contributed by atoms with Gasteiger partial charge in [-0.15, -0.1) is 0 Å². The Kier molecular flexibility index (Phi) is 3.03. The summed E-state index contributed by atoms with van der Waals surface area (Å²) in [5.41, 5.74) is 3.61. The van der Waals surface area contributed by atoms with Gasteiger partial charge in [-0.05, 0) is 31.0 Å². The number of hydrogen-bond donors (Lipinski definition) is 1. The lowest BCUT2D eigenvalue weighted by Crippen LogP contribution is -2.02. The zero-order valence-corrected chi connectivity index (χ0v) is 10.4. The van der Waals surface area contributed by atoms with Crippen LogP contribution in [0.5, 0.6) is 0 Å². The smallest absolute Gasteiger partial charge is 0.307 e. The van der Waals surface area contributed by atoms with Crippen molar-refractivity contribution in [1.29, 1.82) is 0 Å². The second-order valence-corrected chi connectivity index (χ2v) is 4.45. The maximum absolute atomic E-state index is 10.7. The van der Waals surface area contributed by atoms with E-state index < -0.39 is 5.97 Å². The average molecular weight is 250 g/mol. The van der Waals surface area contributed by atoms with Crippen LogP contribution < -0.4 is 0 Å². The number of halogens is 1. The Labute approximate surface area is 104 Å². The van der Waals surface area contributed by atoms with Gasteiger partial charge in [-0.3, -0.25) is 4.79 Å². The lowest BCUT2D eigenvalue weighted by molar-refractivity contribution is -0.136. The molecule has 1 aromatic carbocycles. The van der Waals surface area contributed by atoms with Crippen molar-refractivity contribution < 1.29 is 9.90 Å². The number of hydrogen-bond acceptors (Lipinski definition) is 2. The Hall–Kier alpha value is -1.61. The van der Waals surface area contributed by atoms with E-state index in [0.717, 1.165) is 22.0 Å². The van der Waals surface area contributed by atoms with E-state index in [2.05, 4.69) is 4.98 Å². The minimum atomic E-state index is -0.906. The number of carbonyl (C=O) groups is 1. The van der Waals surface area contributed by atoms with Crippen LogP contribution in [0.25, 0.3) is 10.9 Å². The highest BCUT2D eigenvalue weighted by Crippen LogP contribution is 2.25. The number of nitrogens with zero attached hydrogens (tertiary/aromatic N) is 1. The van der Waals surface area contributed by atoms with Gasteiger partial charge in [0.1, 0.15) is 5.15 Å². The molecule has 0 radical (unpaired) electrons. The SMILES string of the molecule is Cc1ccc2cc(CC(=O)O)c(Cl)nc2c1C. The summed E-state index contributed by atoms with van der Waals surface area (Å²) < 4.78 is 0. The van der Waals surface area contributed by atoms with E-state index in [9.17, 15) is 4.79 Å². The number of fused-ring (bicyclic) bond motifs is 1. The number of carboxylic acid groups (broad SMARTS) is 1. The molecular formula is C13H12ClNO2. The van der Waals surface area contributed by atoms with Crippen LogP contribution in [0.15, 0.2) is 18.2 Å². The molecule has 0 fully saturated rings. The van der Waals surface area contributed by atoms with E-state index in [-0.39, 0.29) is 11.6 Å². The third-order valence-electron chi connectivity index (χ3n) is 2.88. The standard InChI is InChI=1S/C13H12ClNO2/c1-7-3-4-9-5-10(6-11(16)17)13(14)15-12(9)8(7)2/h3-5H,6H2,1-2H3,(H,16,17). The predicted molar refractivity (Wildman–Crippen MR) is 67.6 cm³/mol. The van der Waals surface area contributed by atoms with Crippen molar-refractivity contribution in [1.82, 2.24) is 4.98 Å². The lowest BCUT2D eigenvalue weighted by Gasteiger charge is -2.08. The van der Waals surface area contributed by atoms with Gasteiger partial charge in [0, 0.05) is 10.9 Å². The molecule has 0 unspecified atom stereocenters. The monoisotopic (exact) mass is 249 g/mol. The molecule has 0 saturated heterocycles. The molecule has 0 saturated carbocycles. The largest absolute Gasteiger partial charge is 0.481 e. The Morgan fingerprint density at radius 1 is 1.41 bits per heavy atom. The summed E-state index contributed by atoms with van der Waals surface area (Å²) in [6, 6.07) is 5.73. The molecule has 0 amide bonds. The molecule has 1 aromatic heterocycles. The summed E-state index contributed by atoms with van der Waals surface area (Å²) in [6.45, 7) is 3.99. The van der Waals surface area contributed by atoms with Crippen LogP contribution in [0.2, 0.25) is 5.15 Å². The molecule has 4 heteroatoms. The normalized spacial score (nSPS) is 10.8. The number of benzene rings is 1. The van der Waals surface area contributed by atoms with Gasteiger partial charge in [-0.1, -0.05) is 23.7 Å². The summed E-state index contributed by atoms with van der Waals surface area (Å²) >= 11 is 6.00. The molecule has 1 heterocycles. The number of aromatic nitrogens is 1. The van der Waals surface area contributed by atoms with Crippen molar-refractivity contribution in [3.05, 3.63) is 40.0 Å². The first-order valence-electron chi connectivity index (χ1n) is 5.26. The Morgan fingerprint density at radius 3 is 2.76 bits per heavy atom. The zero-order valence-electron chi connectivity index (χ0n) is 9.62.